The van der Waals surface area contributed by atoms with E-state index in [0.717, 1.165) is 10.9 Å². The lowest BCUT2D eigenvalue weighted by molar-refractivity contribution is -0.134. The van der Waals surface area contributed by atoms with Gasteiger partial charge in [0.25, 0.3) is 0 Å². The maximum Gasteiger partial charge on any atom is 0.365 e. The highest BCUT2D eigenvalue weighted by atomic mass is 19.1. The lowest BCUT2D eigenvalue weighted by atomic mass is 10.0. The molecule has 3 nitrogen and oxygen atoms in total. The molecule has 0 aliphatic heterocycles. The van der Waals surface area contributed by atoms with Crippen molar-refractivity contribution in [3.05, 3.63) is 41.9 Å². The third kappa shape index (κ3) is 2.38. The van der Waals surface area contributed by atoms with Crippen molar-refractivity contribution >= 4 is 22.4 Å². The van der Waals surface area contributed by atoms with E-state index < -0.39 is 11.8 Å². The quantitative estimate of drug-likeness (QED) is 0.848. The third-order valence-electron chi connectivity index (χ3n) is 3.23. The number of nitrogens with zero attached hydrogens (tertiary/aromatic N) is 1. The topological polar surface area (TPSA) is 42.2 Å². The summed E-state index contributed by atoms with van der Waals surface area (Å²) in [5.41, 5.74) is 1.79. The van der Waals surface area contributed by atoms with E-state index in [-0.39, 0.29) is 5.57 Å². The molecule has 0 aliphatic rings. The van der Waals surface area contributed by atoms with Crippen molar-refractivity contribution in [1.29, 1.82) is 0 Å². The SMILES string of the molecule is CC(=C(F)C(=O)O)c1ccc2c(ccn2C(C)C)c1. The molecule has 2 aromatic rings. The molecule has 1 N–H and O–H groups in total. The van der Waals surface area contributed by atoms with Gasteiger partial charge >= 0.3 is 5.97 Å². The first-order valence-corrected chi connectivity index (χ1v) is 6.12. The molecule has 0 saturated carbocycles. The summed E-state index contributed by atoms with van der Waals surface area (Å²) in [6.07, 6.45) is 1.98. The second kappa shape index (κ2) is 4.88. The maximum atomic E-state index is 13.4. The molecule has 0 unspecified atom stereocenters. The Hall–Kier alpha value is -2.10. The van der Waals surface area contributed by atoms with Crippen molar-refractivity contribution in [1.82, 2.24) is 4.57 Å². The highest BCUT2D eigenvalue weighted by Gasteiger charge is 2.13. The number of hydrogen-bond donors (Lipinski definition) is 1. The van der Waals surface area contributed by atoms with Gasteiger partial charge in [-0.3, -0.25) is 0 Å². The second-order valence-electron chi connectivity index (χ2n) is 4.83. The number of halogens is 1. The van der Waals surface area contributed by atoms with Crippen LogP contribution in [0.15, 0.2) is 36.3 Å². The standard InChI is InChI=1S/C15H16FNO2/c1-9(2)17-7-6-12-8-11(4-5-13(12)17)10(3)14(16)15(18)19/h4-9H,1-3H3,(H,18,19). The van der Waals surface area contributed by atoms with Crippen LogP contribution in [0.1, 0.15) is 32.4 Å². The summed E-state index contributed by atoms with van der Waals surface area (Å²) < 4.78 is 15.5. The Morgan fingerprint density at radius 3 is 2.58 bits per heavy atom. The zero-order valence-corrected chi connectivity index (χ0v) is 11.1. The number of aliphatic carboxylic acids is 1. The van der Waals surface area contributed by atoms with Crippen LogP contribution >= 0.6 is 0 Å². The van der Waals surface area contributed by atoms with E-state index >= 15 is 0 Å². The van der Waals surface area contributed by atoms with Gasteiger partial charge in [-0.15, -0.1) is 0 Å². The Kier molecular flexibility index (Phi) is 3.42. The summed E-state index contributed by atoms with van der Waals surface area (Å²) in [5.74, 6) is -2.64. The zero-order chi connectivity index (χ0) is 14.2. The summed E-state index contributed by atoms with van der Waals surface area (Å²) in [4.78, 5) is 10.6. The molecular formula is C15H16FNO2. The first-order chi connectivity index (χ1) is 8.91. The molecule has 1 heterocycles. The van der Waals surface area contributed by atoms with E-state index in [1.165, 1.54) is 6.92 Å². The molecule has 0 spiro atoms. The van der Waals surface area contributed by atoms with Gasteiger partial charge in [0.05, 0.1) is 0 Å². The predicted octanol–water partition coefficient (Wildman–Crippen LogP) is 4.01. The summed E-state index contributed by atoms with van der Waals surface area (Å²) >= 11 is 0. The van der Waals surface area contributed by atoms with Crippen LogP contribution in [0.5, 0.6) is 0 Å². The summed E-state index contributed by atoms with van der Waals surface area (Å²) in [5, 5.41) is 9.64. The smallest absolute Gasteiger partial charge is 0.365 e. The predicted molar refractivity (Wildman–Crippen MR) is 73.7 cm³/mol. The average molecular weight is 261 g/mol. The highest BCUT2D eigenvalue weighted by molar-refractivity contribution is 5.95. The first-order valence-electron chi connectivity index (χ1n) is 6.12. The molecule has 0 radical (unpaired) electrons. The largest absolute Gasteiger partial charge is 0.476 e. The van der Waals surface area contributed by atoms with Gasteiger partial charge in [-0.2, -0.15) is 4.39 Å². The van der Waals surface area contributed by atoms with Crippen LogP contribution in [0.25, 0.3) is 16.5 Å². The Bertz CT molecular complexity index is 668. The Morgan fingerprint density at radius 2 is 2.00 bits per heavy atom. The minimum atomic E-state index is -1.53. The van der Waals surface area contributed by atoms with Crippen molar-refractivity contribution in [2.24, 2.45) is 0 Å². The van der Waals surface area contributed by atoms with Crippen LogP contribution in [0.2, 0.25) is 0 Å². The summed E-state index contributed by atoms with van der Waals surface area (Å²) in [6, 6.07) is 7.75. The van der Waals surface area contributed by atoms with Crippen LogP contribution < -0.4 is 0 Å². The number of rotatable bonds is 3. The van der Waals surface area contributed by atoms with Crippen LogP contribution in [0.3, 0.4) is 0 Å². The maximum absolute atomic E-state index is 13.4. The fourth-order valence-electron chi connectivity index (χ4n) is 2.13. The van der Waals surface area contributed by atoms with Crippen LogP contribution in [-0.2, 0) is 4.79 Å². The van der Waals surface area contributed by atoms with Gasteiger partial charge in [-0.1, -0.05) is 6.07 Å². The second-order valence-corrected chi connectivity index (χ2v) is 4.83. The Morgan fingerprint density at radius 1 is 1.32 bits per heavy atom. The number of benzene rings is 1. The Labute approximate surface area is 111 Å². The van der Waals surface area contributed by atoms with Crippen LogP contribution in [0.4, 0.5) is 4.39 Å². The molecule has 0 atom stereocenters. The van der Waals surface area contributed by atoms with E-state index in [9.17, 15) is 9.18 Å². The molecule has 1 aromatic heterocycles. The molecule has 0 aliphatic carbocycles. The molecule has 19 heavy (non-hydrogen) atoms. The van der Waals surface area contributed by atoms with Crippen molar-refractivity contribution in [2.45, 2.75) is 26.8 Å². The van der Waals surface area contributed by atoms with Crippen molar-refractivity contribution < 1.29 is 14.3 Å². The normalized spacial score (nSPS) is 12.9. The van der Waals surface area contributed by atoms with Gasteiger partial charge < -0.3 is 9.67 Å². The van der Waals surface area contributed by atoms with Gasteiger partial charge in [0.2, 0.25) is 5.83 Å². The number of hydrogen-bond acceptors (Lipinski definition) is 1. The molecule has 0 saturated heterocycles. The van der Waals surface area contributed by atoms with Crippen molar-refractivity contribution in [3.8, 4) is 0 Å². The molecular weight excluding hydrogens is 245 g/mol. The minimum absolute atomic E-state index is 0.145. The van der Waals surface area contributed by atoms with E-state index in [1.54, 1.807) is 6.07 Å². The fourth-order valence-corrected chi connectivity index (χ4v) is 2.13. The third-order valence-corrected chi connectivity index (χ3v) is 3.23. The monoisotopic (exact) mass is 261 g/mol. The number of carbonyl (C=O) groups is 1. The number of aromatic nitrogens is 1. The van der Waals surface area contributed by atoms with Crippen LogP contribution in [-0.4, -0.2) is 15.6 Å². The Balaban J connectivity index is 2.55. The van der Waals surface area contributed by atoms with Crippen LogP contribution in [0, 0.1) is 0 Å². The van der Waals surface area contributed by atoms with E-state index in [2.05, 4.69) is 18.4 Å². The lowest BCUT2D eigenvalue weighted by Crippen LogP contribution is -1.99. The molecule has 0 bridgehead atoms. The van der Waals surface area contributed by atoms with Crippen molar-refractivity contribution in [2.75, 3.05) is 0 Å². The highest BCUT2D eigenvalue weighted by Crippen LogP contribution is 2.26. The first kappa shape index (κ1) is 13.3. The lowest BCUT2D eigenvalue weighted by Gasteiger charge is -2.10. The summed E-state index contributed by atoms with van der Waals surface area (Å²) in [7, 11) is 0. The molecule has 1 aromatic carbocycles. The van der Waals surface area contributed by atoms with Gasteiger partial charge in [0, 0.05) is 23.1 Å². The number of carboxylic acids is 1. The molecule has 4 heteroatoms. The number of allylic oxidation sites excluding steroid dienone is 1. The van der Waals surface area contributed by atoms with E-state index in [4.69, 9.17) is 5.11 Å². The van der Waals surface area contributed by atoms with Gasteiger partial charge in [0.15, 0.2) is 0 Å². The fraction of sp³-hybridized carbons (Fsp3) is 0.267. The van der Waals surface area contributed by atoms with E-state index in [1.807, 2.05) is 24.4 Å². The number of fused-ring (bicyclic) bond motifs is 1. The van der Waals surface area contributed by atoms with Gasteiger partial charge in [-0.05, 0) is 50.1 Å². The van der Waals surface area contributed by atoms with Crippen molar-refractivity contribution in [3.63, 3.8) is 0 Å². The molecule has 2 rings (SSSR count). The zero-order valence-electron chi connectivity index (χ0n) is 11.1. The van der Waals surface area contributed by atoms with Gasteiger partial charge in [0.1, 0.15) is 0 Å². The molecule has 0 amide bonds. The number of carboxylic acid groups (broad SMARTS) is 1. The molecule has 0 fully saturated rings. The molecule has 100 valence electrons. The minimum Gasteiger partial charge on any atom is -0.476 e. The average Bonchev–Trinajstić information content (AvgIpc) is 2.79. The van der Waals surface area contributed by atoms with Gasteiger partial charge in [-0.25, -0.2) is 4.79 Å². The summed E-state index contributed by atoms with van der Waals surface area (Å²) in [6.45, 7) is 5.65. The van der Waals surface area contributed by atoms with E-state index in [0.29, 0.717) is 11.6 Å².